The summed E-state index contributed by atoms with van der Waals surface area (Å²) in [5.74, 6) is 1.01. The number of aromatic hydroxyl groups is 6. The first kappa shape index (κ1) is 113. The Morgan fingerprint density at radius 3 is 0.436 bits per heavy atom. The summed E-state index contributed by atoms with van der Waals surface area (Å²) in [6.07, 6.45) is 63.8. The lowest BCUT2D eigenvalue weighted by molar-refractivity contribution is -0.137. The molecule has 6 aromatic carbocycles. The van der Waals surface area contributed by atoms with Gasteiger partial charge in [0.25, 0.3) is 0 Å². The van der Waals surface area contributed by atoms with E-state index in [1.807, 2.05) is 79.7 Å². The van der Waals surface area contributed by atoms with Crippen LogP contribution in [0, 0.1) is 0 Å². The molecule has 6 aromatic heterocycles. The number of aromatic nitrogens is 12. The highest BCUT2D eigenvalue weighted by atomic mass is 32.1. The molecule has 0 aliphatic rings. The van der Waals surface area contributed by atoms with Crippen molar-refractivity contribution in [1.82, 2.24) is 61.2 Å². The maximum atomic E-state index is 9.76. The Morgan fingerprint density at radius 1 is 0.188 bits per heavy atom. The SMILES string of the molecule is CCCCC(=O)O.CCCCCCCCCc1nnc(-c2ccc(O)cc2)s1.CCCCCCCCCc1nnc(-c2ccc(O)cc2)s1.CCCCCCCCCc1nnc(-c2ccc(O)cc2)s1.CCCCCCCCCc1nnc(-c2ccc(O)cc2)s1.CCCCCCCCCc1nnc(-c2ccc(O)cc2)s1.CCCCCCCCCc1nnc(-c2ccc(O)cc2)s1. The molecule has 0 amide bonds. The number of carboxylic acid groups (broad SMARTS) is 1. The van der Waals surface area contributed by atoms with E-state index in [2.05, 4.69) is 103 Å². The normalized spacial score (nSPS) is 10.8. The molecule has 0 bridgehead atoms. The van der Waals surface area contributed by atoms with Crippen LogP contribution in [0.5, 0.6) is 34.5 Å². The highest BCUT2D eigenvalue weighted by Crippen LogP contribution is 2.34. The Balaban J connectivity index is 0.000000242. The molecular weight excluding hydrogens is 1770 g/mol. The second kappa shape index (κ2) is 72.4. The number of phenols is 6. The van der Waals surface area contributed by atoms with Crippen molar-refractivity contribution in [3.8, 4) is 97.9 Å². The Kier molecular flexibility index (Phi) is 61.3. The van der Waals surface area contributed by atoms with Crippen molar-refractivity contribution < 1.29 is 40.5 Å². The summed E-state index contributed by atoms with van der Waals surface area (Å²) < 4.78 is 0. The van der Waals surface area contributed by atoms with Gasteiger partial charge in [0, 0.05) is 78.3 Å². The highest BCUT2D eigenvalue weighted by Gasteiger charge is 2.14. The third kappa shape index (κ3) is 51.5. The van der Waals surface area contributed by atoms with Gasteiger partial charge >= 0.3 is 5.97 Å². The van der Waals surface area contributed by atoms with Gasteiger partial charge in [-0.1, -0.05) is 354 Å². The molecule has 0 aliphatic heterocycles. The Labute approximate surface area is 819 Å². The second-order valence-corrected chi connectivity index (χ2v) is 40.4. The molecule has 12 rings (SSSR count). The van der Waals surface area contributed by atoms with E-state index in [1.165, 1.54) is 270 Å². The van der Waals surface area contributed by atoms with E-state index in [0.29, 0.717) is 6.42 Å². The fourth-order valence-electron chi connectivity index (χ4n) is 14.2. The Hall–Kier alpha value is -9.05. The number of aryl methyl sites for hydroxylation is 6. The van der Waals surface area contributed by atoms with Crippen molar-refractivity contribution in [2.75, 3.05) is 0 Å². The summed E-state index contributed by atoms with van der Waals surface area (Å²) in [5, 5.41) is 127. The number of hydrogen-bond donors (Lipinski definition) is 7. The summed E-state index contributed by atoms with van der Waals surface area (Å²) in [7, 11) is 0. The maximum Gasteiger partial charge on any atom is 0.303 e. The van der Waals surface area contributed by atoms with Crippen LogP contribution in [0.2, 0.25) is 0 Å². The lowest BCUT2D eigenvalue weighted by Crippen LogP contribution is -1.91. The molecule has 0 radical (unpaired) electrons. The molecule has 0 saturated carbocycles. The molecule has 0 saturated heterocycles. The number of phenolic OH excluding ortho intramolecular Hbond substituents is 6. The van der Waals surface area contributed by atoms with Crippen LogP contribution >= 0.6 is 68.0 Å². The molecular formula is C107H154N12O8S6. The van der Waals surface area contributed by atoms with Gasteiger partial charge in [-0.25, -0.2) is 0 Å². The molecule has 0 atom stereocenters. The van der Waals surface area contributed by atoms with Gasteiger partial charge in [-0.15, -0.1) is 61.2 Å². The molecule has 6 heterocycles. The van der Waals surface area contributed by atoms with E-state index in [9.17, 15) is 35.4 Å². The molecule has 20 nitrogen and oxygen atoms in total. The summed E-state index contributed by atoms with van der Waals surface area (Å²) >= 11 is 9.96. The predicted molar refractivity (Wildman–Crippen MR) is 559 cm³/mol. The number of hydrogen-bond acceptors (Lipinski definition) is 25. The van der Waals surface area contributed by atoms with E-state index in [4.69, 9.17) is 5.11 Å². The molecule has 0 fully saturated rings. The van der Waals surface area contributed by atoms with Crippen LogP contribution in [0.25, 0.3) is 63.4 Å². The number of benzene rings is 6. The number of carbonyl (C=O) groups is 1. The standard InChI is InChI=1S/6C17H24N2OS.C5H10O2/c6*1-2-3-4-5-6-7-8-9-16-18-19-17(21-16)14-10-12-15(20)13-11-14;1-2-3-4-5(6)7/h6*10-13,20H,2-9H2,1H3;2-4H2,1H3,(H,6,7). The lowest BCUT2D eigenvalue weighted by atomic mass is 10.1. The first-order valence-electron chi connectivity index (χ1n) is 50.0. The van der Waals surface area contributed by atoms with Gasteiger partial charge in [0.2, 0.25) is 0 Å². The van der Waals surface area contributed by atoms with Crippen molar-refractivity contribution in [2.45, 2.75) is 376 Å². The van der Waals surface area contributed by atoms with E-state index in [-0.39, 0.29) is 34.5 Å². The second-order valence-electron chi connectivity index (χ2n) is 34.0. The minimum Gasteiger partial charge on any atom is -0.508 e. The fraction of sp³-hybridized carbons (Fsp3) is 0.542. The van der Waals surface area contributed by atoms with Crippen LogP contribution in [0.4, 0.5) is 0 Å². The number of carboxylic acids is 1. The third-order valence-electron chi connectivity index (χ3n) is 22.2. The van der Waals surface area contributed by atoms with Crippen LogP contribution in [-0.4, -0.2) is 103 Å². The van der Waals surface area contributed by atoms with Crippen molar-refractivity contribution in [1.29, 1.82) is 0 Å². The zero-order valence-corrected chi connectivity index (χ0v) is 85.7. The zero-order valence-electron chi connectivity index (χ0n) is 80.8. The largest absolute Gasteiger partial charge is 0.508 e. The van der Waals surface area contributed by atoms with Crippen LogP contribution in [0.1, 0.15) is 367 Å². The van der Waals surface area contributed by atoms with Gasteiger partial charge in [0.15, 0.2) is 0 Å². The Bertz CT molecular complexity index is 4070. The van der Waals surface area contributed by atoms with E-state index >= 15 is 0 Å². The summed E-state index contributed by atoms with van der Waals surface area (Å²) in [4.78, 5) is 9.76. The van der Waals surface area contributed by atoms with Crippen LogP contribution in [0.15, 0.2) is 146 Å². The van der Waals surface area contributed by atoms with Gasteiger partial charge in [0.05, 0.1) is 0 Å². The number of rotatable bonds is 57. The highest BCUT2D eigenvalue weighted by molar-refractivity contribution is 7.16. The van der Waals surface area contributed by atoms with Crippen LogP contribution in [-0.2, 0) is 43.3 Å². The first-order chi connectivity index (χ1) is 65.0. The lowest BCUT2D eigenvalue weighted by Gasteiger charge is -1.99. The van der Waals surface area contributed by atoms with E-state index < -0.39 is 5.97 Å². The van der Waals surface area contributed by atoms with Crippen LogP contribution in [0.3, 0.4) is 0 Å². The summed E-state index contributed by atoms with van der Waals surface area (Å²) in [6, 6.07) is 42.8. The molecule has 0 spiro atoms. The molecule has 7 N–H and O–H groups in total. The summed E-state index contributed by atoms with van der Waals surface area (Å²) in [5.41, 5.74) is 6.15. The van der Waals surface area contributed by atoms with Crippen molar-refractivity contribution in [3.63, 3.8) is 0 Å². The number of nitrogens with zero attached hydrogens (tertiary/aromatic N) is 12. The monoisotopic (exact) mass is 1930 g/mol. The van der Waals surface area contributed by atoms with Gasteiger partial charge in [-0.3, -0.25) is 4.79 Å². The van der Waals surface area contributed by atoms with Gasteiger partial charge in [-0.2, -0.15) is 0 Å². The van der Waals surface area contributed by atoms with Crippen LogP contribution < -0.4 is 0 Å². The van der Waals surface area contributed by atoms with Crippen molar-refractivity contribution in [3.05, 3.63) is 176 Å². The first-order valence-corrected chi connectivity index (χ1v) is 54.9. The molecule has 26 heteroatoms. The van der Waals surface area contributed by atoms with Gasteiger partial charge in [-0.05, 0) is 191 Å². The average molecular weight is 1930 g/mol. The predicted octanol–water partition coefficient (Wildman–Crippen LogP) is 32.5. The zero-order chi connectivity index (χ0) is 95.2. The van der Waals surface area contributed by atoms with E-state index in [1.54, 1.807) is 141 Å². The maximum absolute atomic E-state index is 9.76. The average Bonchev–Trinajstić information content (AvgIpc) is 1.77. The number of aliphatic carboxylic acids is 1. The topological polar surface area (TPSA) is 313 Å². The third-order valence-corrected chi connectivity index (χ3v) is 28.4. The number of unbranched alkanes of at least 4 members (excludes halogenated alkanes) is 37. The fourth-order valence-corrected chi connectivity index (χ4v) is 19.5. The molecule has 726 valence electrons. The molecule has 12 aromatic rings. The molecule has 0 aliphatic carbocycles. The van der Waals surface area contributed by atoms with Gasteiger partial charge < -0.3 is 35.7 Å². The van der Waals surface area contributed by atoms with Crippen molar-refractivity contribution >= 4 is 74.0 Å². The quantitative estimate of drug-likeness (QED) is 0.0174. The van der Waals surface area contributed by atoms with E-state index in [0.717, 1.165) is 145 Å². The summed E-state index contributed by atoms with van der Waals surface area (Å²) in [6.45, 7) is 15.5. The minimum atomic E-state index is -0.693. The van der Waals surface area contributed by atoms with Gasteiger partial charge in [0.1, 0.15) is 94.6 Å². The molecule has 0 unspecified atom stereocenters. The minimum absolute atomic E-state index is 0.284. The van der Waals surface area contributed by atoms with Crippen molar-refractivity contribution in [2.24, 2.45) is 0 Å². The molecule has 133 heavy (non-hydrogen) atoms. The smallest absolute Gasteiger partial charge is 0.303 e. The Morgan fingerprint density at radius 2 is 0.316 bits per heavy atom.